The molecule has 156 valence electrons. The smallest absolute Gasteiger partial charge is 0.416 e. The van der Waals surface area contributed by atoms with E-state index in [0.717, 1.165) is 12.1 Å². The lowest BCUT2D eigenvalue weighted by atomic mass is 10.1. The third-order valence-corrected chi connectivity index (χ3v) is 4.83. The van der Waals surface area contributed by atoms with E-state index in [9.17, 15) is 22.4 Å². The molecular weight excluding hydrogens is 406 g/mol. The molecule has 0 aliphatic carbocycles. The highest BCUT2D eigenvalue weighted by Crippen LogP contribution is 2.35. The summed E-state index contributed by atoms with van der Waals surface area (Å²) in [5.74, 6) is -0.836. The molecule has 1 unspecified atom stereocenters. The van der Waals surface area contributed by atoms with E-state index in [1.54, 1.807) is 6.07 Å². The van der Waals surface area contributed by atoms with E-state index in [1.165, 1.54) is 36.3 Å². The topological polar surface area (TPSA) is 68.5 Å². The van der Waals surface area contributed by atoms with Crippen molar-refractivity contribution < 1.29 is 31.6 Å². The quantitative estimate of drug-likeness (QED) is 0.584. The normalized spacial score (nSPS) is 16.9. The molecule has 1 atom stereocenters. The van der Waals surface area contributed by atoms with Gasteiger partial charge in [0.05, 0.1) is 18.6 Å². The number of amides is 1. The molecule has 0 bridgehead atoms. The van der Waals surface area contributed by atoms with E-state index >= 15 is 0 Å². The van der Waals surface area contributed by atoms with Gasteiger partial charge in [-0.3, -0.25) is 4.79 Å². The summed E-state index contributed by atoms with van der Waals surface area (Å²) in [6.45, 7) is 0.183. The van der Waals surface area contributed by atoms with Crippen molar-refractivity contribution in [3.05, 3.63) is 59.7 Å². The van der Waals surface area contributed by atoms with E-state index in [2.05, 4.69) is 10.1 Å². The van der Waals surface area contributed by atoms with Crippen LogP contribution >= 0.6 is 0 Å². The third-order valence-electron chi connectivity index (χ3n) is 4.83. The number of carbonyl (C=O) groups is 1. The highest BCUT2D eigenvalue weighted by atomic mass is 19.4. The van der Waals surface area contributed by atoms with E-state index in [4.69, 9.17) is 9.26 Å². The summed E-state index contributed by atoms with van der Waals surface area (Å²) in [7, 11) is 1.35. The summed E-state index contributed by atoms with van der Waals surface area (Å²) in [6.07, 6.45) is -4.38. The van der Waals surface area contributed by atoms with E-state index in [0.29, 0.717) is 11.3 Å². The average Bonchev–Trinajstić information content (AvgIpc) is 3.34. The first kappa shape index (κ1) is 19.9. The fraction of sp³-hybridized carbons (Fsp3) is 0.250. The van der Waals surface area contributed by atoms with Crippen LogP contribution in [0.2, 0.25) is 0 Å². The summed E-state index contributed by atoms with van der Waals surface area (Å²) in [5, 5.41) is 3.84. The molecule has 1 saturated heterocycles. The van der Waals surface area contributed by atoms with Crippen molar-refractivity contribution >= 4 is 11.6 Å². The van der Waals surface area contributed by atoms with E-state index < -0.39 is 23.5 Å². The number of alkyl halides is 3. The molecule has 0 saturated carbocycles. The molecule has 4 rings (SSSR count). The highest BCUT2D eigenvalue weighted by Gasteiger charge is 2.36. The van der Waals surface area contributed by atoms with Gasteiger partial charge in [-0.25, -0.2) is 4.39 Å². The summed E-state index contributed by atoms with van der Waals surface area (Å²) in [5.41, 5.74) is -0.0533. The number of aromatic nitrogens is 2. The van der Waals surface area contributed by atoms with Crippen LogP contribution in [-0.2, 0) is 11.0 Å². The number of methoxy groups -OCH3 is 1. The van der Waals surface area contributed by atoms with Crippen molar-refractivity contribution in [2.24, 2.45) is 0 Å². The Morgan fingerprint density at radius 2 is 1.90 bits per heavy atom. The van der Waals surface area contributed by atoms with Crippen molar-refractivity contribution in [1.29, 1.82) is 0 Å². The molecule has 0 spiro atoms. The number of rotatable bonds is 4. The first-order valence-electron chi connectivity index (χ1n) is 8.91. The van der Waals surface area contributed by atoms with Gasteiger partial charge in [0.2, 0.25) is 17.6 Å². The van der Waals surface area contributed by atoms with Crippen LogP contribution in [0.25, 0.3) is 11.4 Å². The molecule has 10 heteroatoms. The predicted octanol–water partition coefficient (Wildman–Crippen LogP) is 4.42. The van der Waals surface area contributed by atoms with Crippen LogP contribution in [0.3, 0.4) is 0 Å². The van der Waals surface area contributed by atoms with E-state index in [-0.39, 0.29) is 36.3 Å². The van der Waals surface area contributed by atoms with Crippen molar-refractivity contribution in [2.45, 2.75) is 18.5 Å². The second-order valence-corrected chi connectivity index (χ2v) is 6.76. The van der Waals surface area contributed by atoms with Gasteiger partial charge in [-0.05, 0) is 42.5 Å². The first-order chi connectivity index (χ1) is 14.3. The van der Waals surface area contributed by atoms with Crippen LogP contribution in [0.15, 0.2) is 47.0 Å². The van der Waals surface area contributed by atoms with Gasteiger partial charge in [0, 0.05) is 24.2 Å². The summed E-state index contributed by atoms with van der Waals surface area (Å²) in [4.78, 5) is 18.0. The van der Waals surface area contributed by atoms with Gasteiger partial charge in [-0.1, -0.05) is 5.16 Å². The molecule has 3 aromatic rings. The monoisotopic (exact) mass is 421 g/mol. The lowest BCUT2D eigenvalue weighted by Crippen LogP contribution is -2.24. The van der Waals surface area contributed by atoms with Crippen LogP contribution < -0.4 is 9.64 Å². The zero-order valence-corrected chi connectivity index (χ0v) is 15.6. The SMILES string of the molecule is COc1ccc(-c2noc(C3CC(=O)N(c4ccc(C(F)(F)F)cc4)C3)n2)cc1F. The minimum absolute atomic E-state index is 0.0691. The number of anilines is 1. The minimum atomic E-state index is -4.45. The number of benzene rings is 2. The highest BCUT2D eigenvalue weighted by molar-refractivity contribution is 5.96. The summed E-state index contributed by atoms with van der Waals surface area (Å²) in [6, 6.07) is 8.58. The molecule has 2 aromatic carbocycles. The van der Waals surface area contributed by atoms with Gasteiger partial charge in [0.25, 0.3) is 0 Å². The van der Waals surface area contributed by atoms with Crippen LogP contribution in [0.1, 0.15) is 23.8 Å². The zero-order chi connectivity index (χ0) is 21.5. The molecule has 0 radical (unpaired) electrons. The van der Waals surface area contributed by atoms with Crippen LogP contribution in [-0.4, -0.2) is 29.7 Å². The van der Waals surface area contributed by atoms with Crippen molar-refractivity contribution in [3.63, 3.8) is 0 Å². The molecular formula is C20H15F4N3O3. The second kappa shape index (κ2) is 7.43. The largest absolute Gasteiger partial charge is 0.494 e. The molecule has 6 nitrogen and oxygen atoms in total. The molecule has 1 fully saturated rings. The average molecular weight is 421 g/mol. The van der Waals surface area contributed by atoms with Crippen LogP contribution in [0.4, 0.5) is 23.2 Å². The molecule has 1 aromatic heterocycles. The van der Waals surface area contributed by atoms with E-state index in [1.807, 2.05) is 0 Å². The van der Waals surface area contributed by atoms with Crippen LogP contribution in [0.5, 0.6) is 5.75 Å². The fourth-order valence-corrected chi connectivity index (χ4v) is 3.28. The Balaban J connectivity index is 1.51. The third kappa shape index (κ3) is 3.72. The molecule has 30 heavy (non-hydrogen) atoms. The Hall–Kier alpha value is -3.43. The van der Waals surface area contributed by atoms with Gasteiger partial charge in [-0.15, -0.1) is 0 Å². The molecule has 1 aliphatic rings. The maximum Gasteiger partial charge on any atom is 0.416 e. The van der Waals surface area contributed by atoms with Crippen molar-refractivity contribution in [2.75, 3.05) is 18.6 Å². The number of nitrogens with zero attached hydrogens (tertiary/aromatic N) is 3. The Morgan fingerprint density at radius 3 is 2.53 bits per heavy atom. The molecule has 2 heterocycles. The maximum absolute atomic E-state index is 13.9. The van der Waals surface area contributed by atoms with Gasteiger partial charge < -0.3 is 14.2 Å². The Morgan fingerprint density at radius 1 is 1.17 bits per heavy atom. The summed E-state index contributed by atoms with van der Waals surface area (Å²) >= 11 is 0. The Labute approximate surface area is 168 Å². The number of ether oxygens (including phenoxy) is 1. The van der Waals surface area contributed by atoms with Gasteiger partial charge in [0.15, 0.2) is 11.6 Å². The maximum atomic E-state index is 13.9. The van der Waals surface area contributed by atoms with Crippen molar-refractivity contribution in [3.8, 4) is 17.1 Å². The molecule has 0 N–H and O–H groups in total. The predicted molar refractivity (Wildman–Crippen MR) is 97.4 cm³/mol. The lowest BCUT2D eigenvalue weighted by molar-refractivity contribution is -0.137. The van der Waals surface area contributed by atoms with Gasteiger partial charge in [0.1, 0.15) is 0 Å². The number of carbonyl (C=O) groups excluding carboxylic acids is 1. The number of hydrogen-bond donors (Lipinski definition) is 0. The lowest BCUT2D eigenvalue weighted by Gasteiger charge is -2.17. The van der Waals surface area contributed by atoms with Crippen LogP contribution in [0, 0.1) is 5.82 Å². The Kier molecular flexibility index (Phi) is 4.92. The zero-order valence-electron chi connectivity index (χ0n) is 15.6. The van der Waals surface area contributed by atoms with Crippen molar-refractivity contribution in [1.82, 2.24) is 10.1 Å². The number of halogens is 4. The minimum Gasteiger partial charge on any atom is -0.494 e. The fourth-order valence-electron chi connectivity index (χ4n) is 3.28. The summed E-state index contributed by atoms with van der Waals surface area (Å²) < 4.78 is 62.2. The Bertz CT molecular complexity index is 1080. The number of hydrogen-bond acceptors (Lipinski definition) is 5. The first-order valence-corrected chi connectivity index (χ1v) is 8.91. The van der Waals surface area contributed by atoms with Gasteiger partial charge in [-0.2, -0.15) is 18.2 Å². The standard InChI is InChI=1S/C20H15F4N3O3/c1-29-16-7-2-11(8-15(16)21)18-25-19(30-26-18)12-9-17(28)27(10-12)14-5-3-13(4-6-14)20(22,23)24/h2-8,12H,9-10H2,1H3. The molecule has 1 amide bonds. The second-order valence-electron chi connectivity index (χ2n) is 6.76. The van der Waals surface area contributed by atoms with Gasteiger partial charge >= 0.3 is 6.18 Å². The molecule has 1 aliphatic heterocycles.